The minimum Gasteiger partial charge on any atom is -0.497 e. The summed E-state index contributed by atoms with van der Waals surface area (Å²) in [5.74, 6) is 1.68. The molecule has 0 unspecified atom stereocenters. The molecule has 0 spiro atoms. The van der Waals surface area contributed by atoms with Crippen LogP contribution in [0.4, 0.5) is 5.69 Å². The summed E-state index contributed by atoms with van der Waals surface area (Å²) in [6, 6.07) is 16.0. The molecule has 1 aliphatic heterocycles. The SMILES string of the molecule is COc1ccc(C2=CN(c3cccc(OC)c3)C(=S)C2)cc1. The third-order valence-corrected chi connectivity index (χ3v) is 4.03. The maximum Gasteiger partial charge on any atom is 0.120 e. The summed E-state index contributed by atoms with van der Waals surface area (Å²) in [6.07, 6.45) is 2.86. The minimum atomic E-state index is 0.763. The molecular formula is C18H17NO2S. The van der Waals surface area contributed by atoms with E-state index in [1.165, 1.54) is 5.57 Å². The van der Waals surface area contributed by atoms with Gasteiger partial charge in [-0.3, -0.25) is 0 Å². The Morgan fingerprint density at radius 2 is 1.68 bits per heavy atom. The van der Waals surface area contributed by atoms with Crippen LogP contribution in [0.3, 0.4) is 0 Å². The molecule has 0 amide bonds. The van der Waals surface area contributed by atoms with E-state index in [-0.39, 0.29) is 0 Å². The van der Waals surface area contributed by atoms with Crippen LogP contribution in [0.2, 0.25) is 0 Å². The lowest BCUT2D eigenvalue weighted by atomic mass is 10.1. The molecule has 112 valence electrons. The van der Waals surface area contributed by atoms with Gasteiger partial charge in [0.15, 0.2) is 0 Å². The molecule has 0 saturated heterocycles. The van der Waals surface area contributed by atoms with Gasteiger partial charge < -0.3 is 14.4 Å². The molecule has 0 fully saturated rings. The van der Waals surface area contributed by atoms with Gasteiger partial charge in [0.05, 0.1) is 19.2 Å². The van der Waals surface area contributed by atoms with E-state index in [0.29, 0.717) is 0 Å². The molecule has 22 heavy (non-hydrogen) atoms. The zero-order chi connectivity index (χ0) is 15.5. The summed E-state index contributed by atoms with van der Waals surface area (Å²) in [4.78, 5) is 2.93. The Balaban J connectivity index is 1.90. The summed E-state index contributed by atoms with van der Waals surface area (Å²) in [6.45, 7) is 0. The molecule has 0 atom stereocenters. The third kappa shape index (κ3) is 2.83. The molecule has 0 N–H and O–H groups in total. The van der Waals surface area contributed by atoms with Gasteiger partial charge in [-0.25, -0.2) is 0 Å². The van der Waals surface area contributed by atoms with Crippen LogP contribution in [0.25, 0.3) is 5.57 Å². The van der Waals surface area contributed by atoms with Crippen molar-refractivity contribution in [3.05, 3.63) is 60.3 Å². The van der Waals surface area contributed by atoms with Crippen molar-refractivity contribution in [2.45, 2.75) is 6.42 Å². The van der Waals surface area contributed by atoms with Crippen molar-refractivity contribution in [1.29, 1.82) is 0 Å². The normalized spacial score (nSPS) is 14.0. The summed E-state index contributed by atoms with van der Waals surface area (Å²) < 4.78 is 10.5. The van der Waals surface area contributed by atoms with E-state index in [0.717, 1.165) is 34.2 Å². The smallest absolute Gasteiger partial charge is 0.120 e. The highest BCUT2D eigenvalue weighted by molar-refractivity contribution is 7.80. The molecule has 0 radical (unpaired) electrons. The number of thiocarbonyl (C=S) groups is 1. The van der Waals surface area contributed by atoms with Crippen molar-refractivity contribution in [1.82, 2.24) is 0 Å². The van der Waals surface area contributed by atoms with E-state index in [1.807, 2.05) is 41.3 Å². The Bertz CT molecular complexity index is 722. The van der Waals surface area contributed by atoms with Gasteiger partial charge in [-0.2, -0.15) is 0 Å². The molecule has 0 saturated carbocycles. The average Bonchev–Trinajstić information content (AvgIpc) is 2.97. The van der Waals surface area contributed by atoms with Crippen LogP contribution < -0.4 is 14.4 Å². The van der Waals surface area contributed by atoms with E-state index < -0.39 is 0 Å². The Hall–Kier alpha value is -2.33. The number of ether oxygens (including phenoxy) is 2. The lowest BCUT2D eigenvalue weighted by molar-refractivity contribution is 0.414. The summed E-state index contributed by atoms with van der Waals surface area (Å²) in [7, 11) is 3.34. The fourth-order valence-electron chi connectivity index (χ4n) is 2.48. The maximum atomic E-state index is 5.54. The van der Waals surface area contributed by atoms with E-state index in [1.54, 1.807) is 14.2 Å². The molecule has 0 aromatic heterocycles. The molecule has 2 aromatic rings. The van der Waals surface area contributed by atoms with Crippen LogP contribution in [0, 0.1) is 0 Å². The van der Waals surface area contributed by atoms with Crippen LogP contribution in [-0.2, 0) is 0 Å². The second-order valence-electron chi connectivity index (χ2n) is 5.02. The van der Waals surface area contributed by atoms with Gasteiger partial charge in [0.1, 0.15) is 11.5 Å². The highest BCUT2D eigenvalue weighted by atomic mass is 32.1. The fraction of sp³-hybridized carbons (Fsp3) is 0.167. The summed E-state index contributed by atoms with van der Waals surface area (Å²) in [5.41, 5.74) is 3.39. The first-order chi connectivity index (χ1) is 10.7. The van der Waals surface area contributed by atoms with Gasteiger partial charge in [-0.15, -0.1) is 0 Å². The van der Waals surface area contributed by atoms with Crippen molar-refractivity contribution >= 4 is 28.5 Å². The first-order valence-electron chi connectivity index (χ1n) is 7.02. The van der Waals surface area contributed by atoms with Gasteiger partial charge in [0.2, 0.25) is 0 Å². The fourth-order valence-corrected chi connectivity index (χ4v) is 2.80. The Morgan fingerprint density at radius 3 is 2.36 bits per heavy atom. The lowest BCUT2D eigenvalue weighted by Crippen LogP contribution is -2.17. The highest BCUT2D eigenvalue weighted by Crippen LogP contribution is 2.32. The second-order valence-corrected chi connectivity index (χ2v) is 5.50. The van der Waals surface area contributed by atoms with Crippen molar-refractivity contribution < 1.29 is 9.47 Å². The lowest BCUT2D eigenvalue weighted by Gasteiger charge is -2.16. The van der Waals surface area contributed by atoms with Gasteiger partial charge in [-0.1, -0.05) is 30.4 Å². The van der Waals surface area contributed by atoms with Crippen LogP contribution >= 0.6 is 12.2 Å². The first kappa shape index (κ1) is 14.6. The van der Waals surface area contributed by atoms with E-state index in [9.17, 15) is 0 Å². The highest BCUT2D eigenvalue weighted by Gasteiger charge is 2.21. The largest absolute Gasteiger partial charge is 0.497 e. The first-order valence-corrected chi connectivity index (χ1v) is 7.43. The average molecular weight is 311 g/mol. The van der Waals surface area contributed by atoms with Gasteiger partial charge in [0.25, 0.3) is 0 Å². The second kappa shape index (κ2) is 6.20. The van der Waals surface area contributed by atoms with Crippen LogP contribution in [-0.4, -0.2) is 19.2 Å². The number of methoxy groups -OCH3 is 2. The van der Waals surface area contributed by atoms with Crippen LogP contribution in [0.15, 0.2) is 54.7 Å². The minimum absolute atomic E-state index is 0.763. The zero-order valence-corrected chi connectivity index (χ0v) is 13.4. The summed E-state index contributed by atoms with van der Waals surface area (Å²) in [5, 5.41) is 0. The molecule has 1 aliphatic rings. The Kier molecular flexibility index (Phi) is 4.11. The standard InChI is InChI=1S/C18H17NO2S/c1-20-16-8-6-13(7-9-16)14-10-18(22)19(12-14)15-4-3-5-17(11-15)21-2/h3-9,11-12H,10H2,1-2H3. The molecule has 3 nitrogen and oxygen atoms in total. The van der Waals surface area contributed by atoms with Crippen molar-refractivity contribution in [2.75, 3.05) is 19.1 Å². The molecule has 2 aromatic carbocycles. The topological polar surface area (TPSA) is 21.7 Å². The van der Waals surface area contributed by atoms with E-state index >= 15 is 0 Å². The van der Waals surface area contributed by atoms with Gasteiger partial charge >= 0.3 is 0 Å². The van der Waals surface area contributed by atoms with Crippen molar-refractivity contribution in [2.24, 2.45) is 0 Å². The van der Waals surface area contributed by atoms with Gasteiger partial charge in [-0.05, 0) is 35.4 Å². The molecule has 1 heterocycles. The van der Waals surface area contributed by atoms with E-state index in [2.05, 4.69) is 18.3 Å². The predicted octanol–water partition coefficient (Wildman–Crippen LogP) is 4.28. The molecule has 4 heteroatoms. The maximum absolute atomic E-state index is 5.54. The van der Waals surface area contributed by atoms with E-state index in [4.69, 9.17) is 21.7 Å². The van der Waals surface area contributed by atoms with Crippen LogP contribution in [0.5, 0.6) is 11.5 Å². The number of hydrogen-bond acceptors (Lipinski definition) is 3. The molecular weight excluding hydrogens is 294 g/mol. The van der Waals surface area contributed by atoms with Crippen LogP contribution in [0.1, 0.15) is 12.0 Å². The number of benzene rings is 2. The van der Waals surface area contributed by atoms with Gasteiger partial charge in [0, 0.05) is 24.4 Å². The monoisotopic (exact) mass is 311 g/mol. The molecule has 0 aliphatic carbocycles. The van der Waals surface area contributed by atoms with Crippen molar-refractivity contribution in [3.8, 4) is 11.5 Å². The number of rotatable bonds is 4. The Morgan fingerprint density at radius 1 is 0.955 bits per heavy atom. The Labute approximate surface area is 135 Å². The number of hydrogen-bond donors (Lipinski definition) is 0. The summed E-state index contributed by atoms with van der Waals surface area (Å²) >= 11 is 5.54. The predicted molar refractivity (Wildman–Crippen MR) is 93.7 cm³/mol. The quantitative estimate of drug-likeness (QED) is 0.786. The zero-order valence-electron chi connectivity index (χ0n) is 12.6. The number of anilines is 1. The molecule has 0 bridgehead atoms. The number of nitrogens with zero attached hydrogens (tertiary/aromatic N) is 1. The third-order valence-electron chi connectivity index (χ3n) is 3.69. The molecule has 3 rings (SSSR count). The van der Waals surface area contributed by atoms with Crippen molar-refractivity contribution in [3.63, 3.8) is 0 Å².